The normalized spacial score (nSPS) is 18.6. The molecular weight excluding hydrogens is 184 g/mol. The third kappa shape index (κ3) is 4.52. The Hall–Kier alpha value is -0.0800. The fraction of sp³-hybridized carbons (Fsp3) is 1.00. The predicted molar refractivity (Wildman–Crippen MR) is 67.2 cm³/mol. The molecule has 2 heteroatoms. The van der Waals surface area contributed by atoms with Crippen LogP contribution in [-0.4, -0.2) is 36.1 Å². The lowest BCUT2D eigenvalue weighted by atomic mass is 10.2. The van der Waals surface area contributed by atoms with Crippen LogP contribution >= 0.6 is 0 Å². The van der Waals surface area contributed by atoms with Gasteiger partial charge in [0.2, 0.25) is 0 Å². The van der Waals surface area contributed by atoms with Crippen LogP contribution in [0.4, 0.5) is 0 Å². The minimum atomic E-state index is 0.662. The number of nitrogens with zero attached hydrogens (tertiary/aromatic N) is 1. The highest BCUT2D eigenvalue weighted by molar-refractivity contribution is 4.75. The first-order valence-corrected chi connectivity index (χ1v) is 6.60. The standard InChI is InChI=1S/C13H28N2/c1-11(2)15(12(3)4)10-9-14-13-7-5-6-8-13/h11-14H,5-10H2,1-4H3. The first-order chi connectivity index (χ1) is 7.11. The van der Waals surface area contributed by atoms with Crippen molar-refractivity contribution < 1.29 is 0 Å². The minimum absolute atomic E-state index is 0.662. The van der Waals surface area contributed by atoms with Gasteiger partial charge in [0.15, 0.2) is 0 Å². The van der Waals surface area contributed by atoms with Gasteiger partial charge in [0.05, 0.1) is 0 Å². The van der Waals surface area contributed by atoms with E-state index in [2.05, 4.69) is 37.9 Å². The van der Waals surface area contributed by atoms with Crippen molar-refractivity contribution in [1.29, 1.82) is 0 Å². The van der Waals surface area contributed by atoms with E-state index in [4.69, 9.17) is 0 Å². The maximum atomic E-state index is 3.68. The Labute approximate surface area is 95.4 Å². The highest BCUT2D eigenvalue weighted by Crippen LogP contribution is 2.17. The summed E-state index contributed by atoms with van der Waals surface area (Å²) in [7, 11) is 0. The van der Waals surface area contributed by atoms with E-state index >= 15 is 0 Å². The molecule has 0 aliphatic heterocycles. The van der Waals surface area contributed by atoms with Crippen molar-refractivity contribution >= 4 is 0 Å². The SMILES string of the molecule is CC(C)N(CCNC1CCCC1)C(C)C. The first kappa shape index (κ1) is 13.0. The zero-order chi connectivity index (χ0) is 11.3. The molecule has 0 heterocycles. The first-order valence-electron chi connectivity index (χ1n) is 6.60. The maximum Gasteiger partial charge on any atom is 0.0112 e. The molecule has 1 rings (SSSR count). The zero-order valence-corrected chi connectivity index (χ0v) is 10.9. The van der Waals surface area contributed by atoms with E-state index in [1.165, 1.54) is 32.2 Å². The molecule has 0 unspecified atom stereocenters. The molecule has 1 aliphatic rings. The average molecular weight is 212 g/mol. The fourth-order valence-electron chi connectivity index (χ4n) is 2.64. The Bertz CT molecular complexity index is 152. The summed E-state index contributed by atoms with van der Waals surface area (Å²) in [5, 5.41) is 3.68. The molecule has 0 aromatic rings. The molecule has 0 saturated heterocycles. The monoisotopic (exact) mass is 212 g/mol. The number of hydrogen-bond donors (Lipinski definition) is 1. The summed E-state index contributed by atoms with van der Waals surface area (Å²) >= 11 is 0. The number of hydrogen-bond acceptors (Lipinski definition) is 2. The molecule has 90 valence electrons. The van der Waals surface area contributed by atoms with E-state index < -0.39 is 0 Å². The van der Waals surface area contributed by atoms with Crippen molar-refractivity contribution in [2.45, 2.75) is 71.5 Å². The van der Waals surface area contributed by atoms with Gasteiger partial charge in [0.25, 0.3) is 0 Å². The Morgan fingerprint density at radius 2 is 1.60 bits per heavy atom. The Morgan fingerprint density at radius 1 is 1.07 bits per heavy atom. The van der Waals surface area contributed by atoms with Crippen molar-refractivity contribution in [3.8, 4) is 0 Å². The van der Waals surface area contributed by atoms with Gasteiger partial charge in [-0.05, 0) is 40.5 Å². The molecular formula is C13H28N2. The molecule has 0 atom stereocenters. The molecule has 1 aliphatic carbocycles. The second kappa shape index (κ2) is 6.49. The van der Waals surface area contributed by atoms with E-state index in [-0.39, 0.29) is 0 Å². The van der Waals surface area contributed by atoms with E-state index in [1.807, 2.05) is 0 Å². The van der Waals surface area contributed by atoms with Crippen LogP contribution in [0.25, 0.3) is 0 Å². The van der Waals surface area contributed by atoms with Gasteiger partial charge >= 0.3 is 0 Å². The smallest absolute Gasteiger partial charge is 0.0112 e. The van der Waals surface area contributed by atoms with Gasteiger partial charge in [-0.3, -0.25) is 4.90 Å². The quantitative estimate of drug-likeness (QED) is 0.728. The van der Waals surface area contributed by atoms with Crippen LogP contribution in [-0.2, 0) is 0 Å². The van der Waals surface area contributed by atoms with Crippen molar-refractivity contribution in [1.82, 2.24) is 10.2 Å². The van der Waals surface area contributed by atoms with Crippen LogP contribution in [0.15, 0.2) is 0 Å². The van der Waals surface area contributed by atoms with Crippen LogP contribution in [0.2, 0.25) is 0 Å². The molecule has 0 amide bonds. The van der Waals surface area contributed by atoms with Gasteiger partial charge in [-0.1, -0.05) is 12.8 Å². The molecule has 0 spiro atoms. The summed E-state index contributed by atoms with van der Waals surface area (Å²) in [6.45, 7) is 11.5. The van der Waals surface area contributed by atoms with Crippen molar-refractivity contribution in [2.75, 3.05) is 13.1 Å². The zero-order valence-electron chi connectivity index (χ0n) is 10.9. The van der Waals surface area contributed by atoms with Gasteiger partial charge in [0, 0.05) is 31.2 Å². The molecule has 2 nitrogen and oxygen atoms in total. The maximum absolute atomic E-state index is 3.68. The van der Waals surface area contributed by atoms with Crippen LogP contribution in [0.1, 0.15) is 53.4 Å². The van der Waals surface area contributed by atoms with E-state index in [9.17, 15) is 0 Å². The summed E-state index contributed by atoms with van der Waals surface area (Å²) in [4.78, 5) is 2.56. The van der Waals surface area contributed by atoms with Gasteiger partial charge in [0.1, 0.15) is 0 Å². The molecule has 1 fully saturated rings. The summed E-state index contributed by atoms with van der Waals surface area (Å²) < 4.78 is 0. The van der Waals surface area contributed by atoms with Crippen LogP contribution < -0.4 is 5.32 Å². The van der Waals surface area contributed by atoms with Gasteiger partial charge < -0.3 is 5.32 Å². The van der Waals surface area contributed by atoms with Gasteiger partial charge in [-0.15, -0.1) is 0 Å². The van der Waals surface area contributed by atoms with Gasteiger partial charge in [-0.25, -0.2) is 0 Å². The minimum Gasteiger partial charge on any atom is -0.313 e. The summed E-state index contributed by atoms with van der Waals surface area (Å²) in [6.07, 6.45) is 5.64. The largest absolute Gasteiger partial charge is 0.313 e. The van der Waals surface area contributed by atoms with Crippen molar-refractivity contribution in [3.63, 3.8) is 0 Å². The van der Waals surface area contributed by atoms with Crippen LogP contribution in [0.5, 0.6) is 0 Å². The topological polar surface area (TPSA) is 15.3 Å². The molecule has 0 radical (unpaired) electrons. The summed E-state index contributed by atoms with van der Waals surface area (Å²) in [5.41, 5.74) is 0. The average Bonchev–Trinajstić information content (AvgIpc) is 2.63. The molecule has 0 aromatic heterocycles. The highest BCUT2D eigenvalue weighted by Gasteiger charge is 2.16. The number of nitrogens with one attached hydrogen (secondary N) is 1. The van der Waals surface area contributed by atoms with Crippen molar-refractivity contribution in [3.05, 3.63) is 0 Å². The lowest BCUT2D eigenvalue weighted by molar-refractivity contribution is 0.174. The second-order valence-electron chi connectivity index (χ2n) is 5.36. The van der Waals surface area contributed by atoms with Crippen LogP contribution in [0.3, 0.4) is 0 Å². The second-order valence-corrected chi connectivity index (χ2v) is 5.36. The lowest BCUT2D eigenvalue weighted by Gasteiger charge is -2.31. The molecule has 1 N–H and O–H groups in total. The molecule has 15 heavy (non-hydrogen) atoms. The summed E-state index contributed by atoms with van der Waals surface area (Å²) in [6, 6.07) is 2.14. The third-order valence-electron chi connectivity index (χ3n) is 3.48. The Kier molecular flexibility index (Phi) is 5.62. The Balaban J connectivity index is 2.15. The van der Waals surface area contributed by atoms with Crippen LogP contribution in [0, 0.1) is 0 Å². The highest BCUT2D eigenvalue weighted by atomic mass is 15.2. The molecule has 0 aromatic carbocycles. The van der Waals surface area contributed by atoms with E-state index in [0.717, 1.165) is 12.6 Å². The van der Waals surface area contributed by atoms with E-state index in [1.54, 1.807) is 0 Å². The fourth-order valence-corrected chi connectivity index (χ4v) is 2.64. The van der Waals surface area contributed by atoms with Gasteiger partial charge in [-0.2, -0.15) is 0 Å². The van der Waals surface area contributed by atoms with Crippen molar-refractivity contribution in [2.24, 2.45) is 0 Å². The number of rotatable bonds is 6. The Morgan fingerprint density at radius 3 is 2.07 bits per heavy atom. The third-order valence-corrected chi connectivity index (χ3v) is 3.48. The van der Waals surface area contributed by atoms with E-state index in [0.29, 0.717) is 12.1 Å². The lowest BCUT2D eigenvalue weighted by Crippen LogP contribution is -2.42. The summed E-state index contributed by atoms with van der Waals surface area (Å²) in [5.74, 6) is 0. The molecule has 0 bridgehead atoms. The predicted octanol–water partition coefficient (Wildman–Crippen LogP) is 2.64. The molecule has 1 saturated carbocycles.